The Morgan fingerprint density at radius 3 is 2.52 bits per heavy atom. The van der Waals surface area contributed by atoms with E-state index in [1.165, 1.54) is 0 Å². The molecular weight excluding hydrogens is 282 g/mol. The van der Waals surface area contributed by atoms with Gasteiger partial charge in [0.2, 0.25) is 0 Å². The van der Waals surface area contributed by atoms with Crippen molar-refractivity contribution in [1.82, 2.24) is 4.98 Å². The van der Waals surface area contributed by atoms with Crippen LogP contribution in [0, 0.1) is 16.0 Å². The molecule has 1 aromatic carbocycles. The van der Waals surface area contributed by atoms with E-state index in [-0.39, 0.29) is 5.91 Å². The summed E-state index contributed by atoms with van der Waals surface area (Å²) in [5.41, 5.74) is 1.44. The zero-order valence-corrected chi connectivity index (χ0v) is 12.6. The number of hydrogen-bond acceptors (Lipinski definition) is 3. The second-order valence-electron chi connectivity index (χ2n) is 5.18. The molecule has 106 valence electrons. The van der Waals surface area contributed by atoms with E-state index in [1.807, 2.05) is 26.0 Å². The van der Waals surface area contributed by atoms with Crippen molar-refractivity contribution in [2.75, 3.05) is 5.32 Å². The van der Waals surface area contributed by atoms with E-state index >= 15 is 0 Å². The molecule has 4 nitrogen and oxygen atoms in total. The molecule has 1 heterocycles. The number of benzene rings is 1. The number of nitrogens with one attached hydrogen (secondary N) is 2. The Kier molecular flexibility index (Phi) is 4.20. The average Bonchev–Trinajstić information content (AvgIpc) is 2.48. The molecule has 0 aliphatic carbocycles. The molecule has 0 unspecified atom stereocenters. The average molecular weight is 297 g/mol. The van der Waals surface area contributed by atoms with Gasteiger partial charge in [-0.1, -0.05) is 24.4 Å². The summed E-state index contributed by atoms with van der Waals surface area (Å²) in [6, 6.07) is 12.9. The van der Waals surface area contributed by atoms with Crippen molar-refractivity contribution in [2.45, 2.75) is 19.3 Å². The molecule has 2 N–H and O–H groups in total. The highest BCUT2D eigenvalue weighted by Gasteiger charge is 2.19. The largest absolute Gasteiger partial charge is 0.352 e. The molecule has 0 bridgehead atoms. The van der Waals surface area contributed by atoms with Gasteiger partial charge in [-0.2, -0.15) is 5.26 Å². The van der Waals surface area contributed by atoms with E-state index in [2.05, 4.69) is 16.4 Å². The smallest absolute Gasteiger partial charge is 0.258 e. The van der Waals surface area contributed by atoms with Crippen LogP contribution in [0.2, 0.25) is 0 Å². The first-order valence-electron chi connectivity index (χ1n) is 6.45. The molecule has 0 aliphatic rings. The highest BCUT2D eigenvalue weighted by Crippen LogP contribution is 2.23. The quantitative estimate of drug-likeness (QED) is 0.847. The molecule has 5 heteroatoms. The number of carbonyl (C=O) groups is 1. The number of carbonyl (C=O) groups excluding carboxylic acids is 1. The van der Waals surface area contributed by atoms with Crippen molar-refractivity contribution < 1.29 is 4.79 Å². The fraction of sp³-hybridized carbons (Fsp3) is 0.188. The van der Waals surface area contributed by atoms with Crippen molar-refractivity contribution in [3.8, 4) is 6.07 Å². The highest BCUT2D eigenvalue weighted by molar-refractivity contribution is 7.71. The first kappa shape index (κ1) is 14.9. The number of amides is 1. The number of anilines is 1. The van der Waals surface area contributed by atoms with E-state index < -0.39 is 5.41 Å². The SMILES string of the molecule is CC(C)(C#N)c1ccc(NC(=O)c2ccc[nH]c2=S)cc1. The van der Waals surface area contributed by atoms with Gasteiger partial charge in [-0.25, -0.2) is 0 Å². The van der Waals surface area contributed by atoms with E-state index in [4.69, 9.17) is 17.5 Å². The number of hydrogen-bond donors (Lipinski definition) is 2. The zero-order chi connectivity index (χ0) is 15.5. The Morgan fingerprint density at radius 1 is 1.29 bits per heavy atom. The molecule has 2 aromatic rings. The Bertz CT molecular complexity index is 754. The number of H-pyrrole nitrogens is 1. The zero-order valence-electron chi connectivity index (χ0n) is 11.8. The van der Waals surface area contributed by atoms with Crippen molar-refractivity contribution in [2.24, 2.45) is 0 Å². The molecule has 0 atom stereocenters. The summed E-state index contributed by atoms with van der Waals surface area (Å²) < 4.78 is 0.400. The molecule has 1 amide bonds. The van der Waals surface area contributed by atoms with Crippen LogP contribution >= 0.6 is 12.2 Å². The first-order chi connectivity index (χ1) is 9.94. The third-order valence-corrected chi connectivity index (χ3v) is 3.54. The second-order valence-corrected chi connectivity index (χ2v) is 5.59. The second kappa shape index (κ2) is 5.90. The minimum Gasteiger partial charge on any atom is -0.352 e. The third-order valence-electron chi connectivity index (χ3n) is 3.21. The van der Waals surface area contributed by atoms with Gasteiger partial charge in [0, 0.05) is 11.9 Å². The molecule has 1 aromatic heterocycles. The van der Waals surface area contributed by atoms with Crippen LogP contribution in [-0.4, -0.2) is 10.9 Å². The summed E-state index contributed by atoms with van der Waals surface area (Å²) in [5, 5.41) is 11.9. The fourth-order valence-corrected chi connectivity index (χ4v) is 2.06. The van der Waals surface area contributed by atoms with Crippen LogP contribution in [0.1, 0.15) is 29.8 Å². The monoisotopic (exact) mass is 297 g/mol. The fourth-order valence-electron chi connectivity index (χ4n) is 1.83. The number of nitrogens with zero attached hydrogens (tertiary/aromatic N) is 1. The van der Waals surface area contributed by atoms with E-state index in [0.717, 1.165) is 5.56 Å². The van der Waals surface area contributed by atoms with Crippen LogP contribution in [-0.2, 0) is 5.41 Å². The molecular formula is C16H15N3OS. The van der Waals surface area contributed by atoms with Gasteiger partial charge in [0.15, 0.2) is 0 Å². The van der Waals surface area contributed by atoms with Crippen LogP contribution < -0.4 is 5.32 Å². The molecule has 2 rings (SSSR count). The molecule has 0 aliphatic heterocycles. The molecule has 0 radical (unpaired) electrons. The minimum atomic E-state index is -0.551. The van der Waals surface area contributed by atoms with Crippen LogP contribution in [0.25, 0.3) is 0 Å². The lowest BCUT2D eigenvalue weighted by Gasteiger charge is -2.16. The number of rotatable bonds is 3. The molecule has 21 heavy (non-hydrogen) atoms. The number of pyridine rings is 1. The molecule has 0 fully saturated rings. The lowest BCUT2D eigenvalue weighted by Crippen LogP contribution is -2.15. The highest BCUT2D eigenvalue weighted by atomic mass is 32.1. The normalized spacial score (nSPS) is 10.7. The predicted octanol–water partition coefficient (Wildman–Crippen LogP) is 3.80. The van der Waals surface area contributed by atoms with Crippen molar-refractivity contribution >= 4 is 23.8 Å². The predicted molar refractivity (Wildman–Crippen MR) is 84.7 cm³/mol. The number of nitriles is 1. The Morgan fingerprint density at radius 2 is 1.95 bits per heavy atom. The van der Waals surface area contributed by atoms with Crippen LogP contribution in [0.3, 0.4) is 0 Å². The van der Waals surface area contributed by atoms with E-state index in [1.54, 1.807) is 30.5 Å². The summed E-state index contributed by atoms with van der Waals surface area (Å²) in [6.45, 7) is 3.70. The van der Waals surface area contributed by atoms with Crippen molar-refractivity contribution in [3.05, 3.63) is 58.4 Å². The number of aromatic amines is 1. The third kappa shape index (κ3) is 3.36. The van der Waals surface area contributed by atoms with Gasteiger partial charge in [0.05, 0.1) is 17.0 Å². The van der Waals surface area contributed by atoms with Gasteiger partial charge in [-0.05, 0) is 43.7 Å². The van der Waals surface area contributed by atoms with Crippen LogP contribution in [0.15, 0.2) is 42.6 Å². The van der Waals surface area contributed by atoms with Crippen LogP contribution in [0.5, 0.6) is 0 Å². The van der Waals surface area contributed by atoms with Gasteiger partial charge in [-0.3, -0.25) is 4.79 Å². The maximum atomic E-state index is 12.1. The lowest BCUT2D eigenvalue weighted by atomic mass is 9.86. The summed E-state index contributed by atoms with van der Waals surface area (Å²) in [4.78, 5) is 14.9. The Hall–Kier alpha value is -2.45. The molecule has 0 saturated heterocycles. The van der Waals surface area contributed by atoms with Gasteiger partial charge in [-0.15, -0.1) is 0 Å². The van der Waals surface area contributed by atoms with Crippen LogP contribution in [0.4, 0.5) is 5.69 Å². The Labute approximate surface area is 128 Å². The molecule has 0 spiro atoms. The van der Waals surface area contributed by atoms with Crippen molar-refractivity contribution in [3.63, 3.8) is 0 Å². The topological polar surface area (TPSA) is 68.7 Å². The number of aromatic nitrogens is 1. The van der Waals surface area contributed by atoms with Crippen molar-refractivity contribution in [1.29, 1.82) is 5.26 Å². The standard InChI is InChI=1S/C16H15N3OS/c1-16(2,10-17)11-5-7-12(8-6-11)19-14(20)13-4-3-9-18-15(13)21/h3-9H,1-2H3,(H,18,21)(H,19,20). The summed E-state index contributed by atoms with van der Waals surface area (Å²) >= 11 is 5.08. The minimum absolute atomic E-state index is 0.260. The van der Waals surface area contributed by atoms with Gasteiger partial charge < -0.3 is 10.3 Å². The Balaban J connectivity index is 2.19. The van der Waals surface area contributed by atoms with Gasteiger partial charge in [0.1, 0.15) is 4.64 Å². The van der Waals surface area contributed by atoms with E-state index in [9.17, 15) is 4.79 Å². The summed E-state index contributed by atoms with van der Waals surface area (Å²) in [6.07, 6.45) is 1.68. The summed E-state index contributed by atoms with van der Waals surface area (Å²) in [7, 11) is 0. The van der Waals surface area contributed by atoms with Gasteiger partial charge >= 0.3 is 0 Å². The lowest BCUT2D eigenvalue weighted by molar-refractivity contribution is 0.102. The maximum absolute atomic E-state index is 12.1. The van der Waals surface area contributed by atoms with Gasteiger partial charge in [0.25, 0.3) is 5.91 Å². The first-order valence-corrected chi connectivity index (χ1v) is 6.86. The maximum Gasteiger partial charge on any atom is 0.258 e. The summed E-state index contributed by atoms with van der Waals surface area (Å²) in [5.74, 6) is -0.260. The molecule has 0 saturated carbocycles. The van der Waals surface area contributed by atoms with E-state index in [0.29, 0.717) is 15.9 Å².